The summed E-state index contributed by atoms with van der Waals surface area (Å²) >= 11 is 0. The molecule has 3 unspecified atom stereocenters. The molecule has 3 rings (SSSR count). The van der Waals surface area contributed by atoms with Crippen LogP contribution in [0.4, 0.5) is 0 Å². The number of likely N-dealkylation sites (N-methyl/N-ethyl adjacent to an activating group) is 1. The van der Waals surface area contributed by atoms with Gasteiger partial charge in [-0.25, -0.2) is 4.98 Å². The van der Waals surface area contributed by atoms with Crippen LogP contribution >= 0.6 is 0 Å². The van der Waals surface area contributed by atoms with Crippen molar-refractivity contribution in [2.24, 2.45) is 11.8 Å². The summed E-state index contributed by atoms with van der Waals surface area (Å²) in [5.41, 5.74) is 2.39. The average Bonchev–Trinajstić information content (AvgIpc) is 3.04. The topological polar surface area (TPSA) is 29.9 Å². The molecule has 1 N–H and O–H groups in total. The molecule has 0 spiro atoms. The van der Waals surface area contributed by atoms with Gasteiger partial charge in [-0.15, -0.1) is 0 Å². The van der Waals surface area contributed by atoms with Crippen LogP contribution in [0.2, 0.25) is 0 Å². The minimum absolute atomic E-state index is 0.567. The Morgan fingerprint density at radius 1 is 1.42 bits per heavy atom. The molecule has 2 aromatic rings. The first-order valence-electron chi connectivity index (χ1n) is 7.36. The number of hydrogen-bond acceptors (Lipinski definition) is 2. The van der Waals surface area contributed by atoms with E-state index in [4.69, 9.17) is 4.98 Å². The predicted molar refractivity (Wildman–Crippen MR) is 79.2 cm³/mol. The Labute approximate surface area is 115 Å². The van der Waals surface area contributed by atoms with Gasteiger partial charge in [-0.2, -0.15) is 0 Å². The van der Waals surface area contributed by atoms with Crippen molar-refractivity contribution in [1.82, 2.24) is 14.9 Å². The molecule has 0 aliphatic heterocycles. The fourth-order valence-electron chi connectivity index (χ4n) is 3.21. The number of rotatable bonds is 5. The fourth-order valence-corrected chi connectivity index (χ4v) is 3.21. The molecule has 0 radical (unpaired) electrons. The lowest BCUT2D eigenvalue weighted by atomic mass is 10.1. The molecule has 3 atom stereocenters. The average molecular weight is 257 g/mol. The first kappa shape index (κ1) is 12.7. The second-order valence-electron chi connectivity index (χ2n) is 5.74. The van der Waals surface area contributed by atoms with Crippen LogP contribution in [-0.4, -0.2) is 22.6 Å². The van der Waals surface area contributed by atoms with Crippen molar-refractivity contribution in [3.63, 3.8) is 0 Å². The van der Waals surface area contributed by atoms with Crippen LogP contribution in [0.1, 0.15) is 26.1 Å². The van der Waals surface area contributed by atoms with Crippen LogP contribution in [0, 0.1) is 11.8 Å². The van der Waals surface area contributed by atoms with E-state index in [9.17, 15) is 0 Å². The van der Waals surface area contributed by atoms with Crippen LogP contribution in [0.25, 0.3) is 11.0 Å². The summed E-state index contributed by atoms with van der Waals surface area (Å²) in [5.74, 6) is 2.93. The molecule has 1 aliphatic rings. The largest absolute Gasteiger partial charge is 0.328 e. The lowest BCUT2D eigenvalue weighted by Crippen LogP contribution is -2.31. The third-order valence-corrected chi connectivity index (χ3v) is 4.51. The Balaban J connectivity index is 1.91. The Morgan fingerprint density at radius 3 is 2.79 bits per heavy atom. The highest BCUT2D eigenvalue weighted by Gasteiger charge is 2.39. The number of fused-ring (bicyclic) bond motifs is 1. The summed E-state index contributed by atoms with van der Waals surface area (Å²) in [4.78, 5) is 4.83. The zero-order valence-corrected chi connectivity index (χ0v) is 12.1. The predicted octanol–water partition coefficient (Wildman–Crippen LogP) is 2.84. The molecule has 1 aliphatic carbocycles. The van der Waals surface area contributed by atoms with Crippen molar-refractivity contribution >= 4 is 11.0 Å². The van der Waals surface area contributed by atoms with Gasteiger partial charge in [0.1, 0.15) is 5.82 Å². The quantitative estimate of drug-likeness (QED) is 0.892. The van der Waals surface area contributed by atoms with Gasteiger partial charge in [-0.1, -0.05) is 19.1 Å². The van der Waals surface area contributed by atoms with Crippen LogP contribution in [0.3, 0.4) is 0 Å². The number of hydrogen-bond donors (Lipinski definition) is 1. The molecular weight excluding hydrogens is 234 g/mol. The van der Waals surface area contributed by atoms with Gasteiger partial charge in [0.2, 0.25) is 0 Å². The monoisotopic (exact) mass is 257 g/mol. The van der Waals surface area contributed by atoms with Gasteiger partial charge < -0.3 is 9.88 Å². The van der Waals surface area contributed by atoms with Crippen molar-refractivity contribution in [1.29, 1.82) is 0 Å². The lowest BCUT2D eigenvalue weighted by Gasteiger charge is -2.16. The van der Waals surface area contributed by atoms with Gasteiger partial charge in [-0.05, 0) is 44.4 Å². The summed E-state index contributed by atoms with van der Waals surface area (Å²) in [7, 11) is 2.08. The molecule has 1 heterocycles. The molecule has 0 amide bonds. The first-order valence-corrected chi connectivity index (χ1v) is 7.36. The van der Waals surface area contributed by atoms with E-state index in [0.29, 0.717) is 6.04 Å². The lowest BCUT2D eigenvalue weighted by molar-refractivity contribution is 0.463. The normalized spacial score (nSPS) is 23.7. The summed E-state index contributed by atoms with van der Waals surface area (Å²) in [5, 5.41) is 3.49. The number of aryl methyl sites for hydroxylation is 1. The Bertz CT molecular complexity index is 572. The molecule has 1 fully saturated rings. The SMILES string of the molecule is CCn1c(CC(NC)C2CC2C)nc2ccccc21. The number of benzene rings is 1. The third kappa shape index (κ3) is 2.27. The van der Waals surface area contributed by atoms with E-state index in [1.54, 1.807) is 0 Å². The van der Waals surface area contributed by atoms with Gasteiger partial charge >= 0.3 is 0 Å². The van der Waals surface area contributed by atoms with Crippen LogP contribution in [0.5, 0.6) is 0 Å². The standard InChI is InChI=1S/C16H23N3/c1-4-19-15-8-6-5-7-13(15)18-16(19)10-14(17-3)12-9-11(12)2/h5-8,11-12,14,17H,4,9-10H2,1-3H3. The Kier molecular flexibility index (Phi) is 3.31. The van der Waals surface area contributed by atoms with Crippen molar-refractivity contribution < 1.29 is 0 Å². The van der Waals surface area contributed by atoms with Crippen LogP contribution < -0.4 is 5.32 Å². The molecular formula is C16H23N3. The van der Waals surface area contributed by atoms with Gasteiger partial charge in [0, 0.05) is 19.0 Å². The maximum atomic E-state index is 4.83. The molecule has 1 aromatic heterocycles. The van der Waals surface area contributed by atoms with E-state index in [2.05, 4.69) is 55.0 Å². The number of nitrogens with zero attached hydrogens (tertiary/aromatic N) is 2. The van der Waals surface area contributed by atoms with Gasteiger partial charge in [-0.3, -0.25) is 0 Å². The van der Waals surface area contributed by atoms with E-state index < -0.39 is 0 Å². The van der Waals surface area contributed by atoms with Crippen molar-refractivity contribution in [3.05, 3.63) is 30.1 Å². The minimum atomic E-state index is 0.567. The second-order valence-corrected chi connectivity index (χ2v) is 5.74. The maximum absolute atomic E-state index is 4.83. The van der Waals surface area contributed by atoms with Gasteiger partial charge in [0.15, 0.2) is 0 Å². The van der Waals surface area contributed by atoms with Crippen molar-refractivity contribution in [2.45, 2.75) is 39.3 Å². The van der Waals surface area contributed by atoms with E-state index in [1.165, 1.54) is 17.8 Å². The molecule has 1 aromatic carbocycles. The Morgan fingerprint density at radius 2 is 2.16 bits per heavy atom. The zero-order valence-electron chi connectivity index (χ0n) is 12.1. The number of nitrogens with one attached hydrogen (secondary N) is 1. The minimum Gasteiger partial charge on any atom is -0.328 e. The summed E-state index contributed by atoms with van der Waals surface area (Å²) < 4.78 is 2.35. The van der Waals surface area contributed by atoms with Crippen LogP contribution in [0.15, 0.2) is 24.3 Å². The summed E-state index contributed by atoms with van der Waals surface area (Å²) in [6.45, 7) is 5.54. The molecule has 1 saturated carbocycles. The summed E-state index contributed by atoms with van der Waals surface area (Å²) in [6, 6.07) is 9.01. The van der Waals surface area contributed by atoms with Gasteiger partial charge in [0.05, 0.1) is 11.0 Å². The van der Waals surface area contributed by atoms with E-state index in [-0.39, 0.29) is 0 Å². The summed E-state index contributed by atoms with van der Waals surface area (Å²) in [6.07, 6.45) is 2.39. The number of para-hydroxylation sites is 2. The number of aromatic nitrogens is 2. The molecule has 3 nitrogen and oxygen atoms in total. The highest BCUT2D eigenvalue weighted by atomic mass is 15.1. The van der Waals surface area contributed by atoms with E-state index in [1.807, 2.05) is 0 Å². The zero-order chi connectivity index (χ0) is 13.4. The maximum Gasteiger partial charge on any atom is 0.111 e. The first-order chi connectivity index (χ1) is 9.24. The van der Waals surface area contributed by atoms with Crippen molar-refractivity contribution in [2.75, 3.05) is 7.05 Å². The van der Waals surface area contributed by atoms with Crippen LogP contribution in [-0.2, 0) is 13.0 Å². The molecule has 102 valence electrons. The molecule has 0 bridgehead atoms. The van der Waals surface area contributed by atoms with Crippen molar-refractivity contribution in [3.8, 4) is 0 Å². The van der Waals surface area contributed by atoms with Gasteiger partial charge in [0.25, 0.3) is 0 Å². The molecule has 19 heavy (non-hydrogen) atoms. The Hall–Kier alpha value is -1.35. The molecule has 0 saturated heterocycles. The highest BCUT2D eigenvalue weighted by Crippen LogP contribution is 2.41. The smallest absolute Gasteiger partial charge is 0.111 e. The van der Waals surface area contributed by atoms with E-state index in [0.717, 1.165) is 30.3 Å². The highest BCUT2D eigenvalue weighted by molar-refractivity contribution is 5.75. The van der Waals surface area contributed by atoms with E-state index >= 15 is 0 Å². The molecule has 3 heteroatoms. The number of imidazole rings is 1. The fraction of sp³-hybridized carbons (Fsp3) is 0.562. The second kappa shape index (κ2) is 4.97. The third-order valence-electron chi connectivity index (χ3n) is 4.51.